The SMILES string of the molecule is C=CC(C=C)=CC(=C)C.C=Cc1ccccc1. The fraction of sp³-hybridized carbons (Fsp3) is 0.0588. The molecule has 0 aliphatic rings. The molecule has 0 heteroatoms. The van der Waals surface area contributed by atoms with Crippen LogP contribution >= 0.6 is 0 Å². The minimum absolute atomic E-state index is 1.02. The third-order valence-electron chi connectivity index (χ3n) is 1.92. The number of hydrogen-bond donors (Lipinski definition) is 0. The van der Waals surface area contributed by atoms with E-state index in [9.17, 15) is 0 Å². The summed E-state index contributed by atoms with van der Waals surface area (Å²) in [6.45, 7) is 16.5. The summed E-state index contributed by atoms with van der Waals surface area (Å²) in [4.78, 5) is 0. The first-order chi connectivity index (χ1) is 8.13. The van der Waals surface area contributed by atoms with Gasteiger partial charge in [0.1, 0.15) is 0 Å². The largest absolute Gasteiger partial charge is 0.0985 e. The van der Waals surface area contributed by atoms with E-state index in [2.05, 4.69) is 26.3 Å². The molecule has 0 N–H and O–H groups in total. The summed E-state index contributed by atoms with van der Waals surface area (Å²) in [6, 6.07) is 10.0. The summed E-state index contributed by atoms with van der Waals surface area (Å²) in [5, 5.41) is 0. The van der Waals surface area contributed by atoms with E-state index in [0.717, 1.165) is 11.1 Å². The zero-order valence-corrected chi connectivity index (χ0v) is 10.5. The number of hydrogen-bond acceptors (Lipinski definition) is 0. The third-order valence-corrected chi connectivity index (χ3v) is 1.92. The molecule has 17 heavy (non-hydrogen) atoms. The average Bonchev–Trinajstić information content (AvgIpc) is 2.37. The van der Waals surface area contributed by atoms with Gasteiger partial charge in [0.15, 0.2) is 0 Å². The van der Waals surface area contributed by atoms with Crippen LogP contribution in [-0.4, -0.2) is 0 Å². The summed E-state index contributed by atoms with van der Waals surface area (Å²) in [6.07, 6.45) is 7.27. The van der Waals surface area contributed by atoms with Crippen molar-refractivity contribution in [3.05, 3.63) is 91.6 Å². The van der Waals surface area contributed by atoms with Crippen molar-refractivity contribution in [2.45, 2.75) is 6.92 Å². The van der Waals surface area contributed by atoms with E-state index in [1.54, 1.807) is 12.2 Å². The van der Waals surface area contributed by atoms with Crippen LogP contribution < -0.4 is 0 Å². The van der Waals surface area contributed by atoms with Crippen molar-refractivity contribution < 1.29 is 0 Å². The van der Waals surface area contributed by atoms with Gasteiger partial charge in [-0.15, -0.1) is 0 Å². The Morgan fingerprint density at radius 1 is 1.00 bits per heavy atom. The number of rotatable bonds is 4. The smallest absolute Gasteiger partial charge is 0.0263 e. The van der Waals surface area contributed by atoms with E-state index in [1.165, 1.54) is 5.56 Å². The lowest BCUT2D eigenvalue weighted by Gasteiger charge is -1.89. The van der Waals surface area contributed by atoms with Crippen molar-refractivity contribution in [2.24, 2.45) is 0 Å². The molecule has 0 heterocycles. The van der Waals surface area contributed by atoms with Crippen molar-refractivity contribution in [1.29, 1.82) is 0 Å². The van der Waals surface area contributed by atoms with Crippen LogP contribution in [0.25, 0.3) is 6.08 Å². The lowest BCUT2D eigenvalue weighted by molar-refractivity contribution is 1.52. The molecule has 0 saturated heterocycles. The van der Waals surface area contributed by atoms with Gasteiger partial charge < -0.3 is 0 Å². The molecule has 0 unspecified atom stereocenters. The number of benzene rings is 1. The first-order valence-electron chi connectivity index (χ1n) is 5.43. The molecule has 1 aromatic rings. The summed E-state index contributed by atoms with van der Waals surface area (Å²) in [5.41, 5.74) is 3.21. The van der Waals surface area contributed by atoms with E-state index in [4.69, 9.17) is 0 Å². The molecule has 0 bridgehead atoms. The van der Waals surface area contributed by atoms with Gasteiger partial charge in [-0.2, -0.15) is 0 Å². The Morgan fingerprint density at radius 2 is 1.53 bits per heavy atom. The van der Waals surface area contributed by atoms with Crippen LogP contribution in [0.2, 0.25) is 0 Å². The maximum Gasteiger partial charge on any atom is -0.0263 e. The van der Waals surface area contributed by atoms with Gasteiger partial charge in [0.25, 0.3) is 0 Å². The highest BCUT2D eigenvalue weighted by Gasteiger charge is 1.80. The Labute approximate surface area is 105 Å². The first kappa shape index (κ1) is 14.9. The predicted molar refractivity (Wildman–Crippen MR) is 79.8 cm³/mol. The van der Waals surface area contributed by atoms with Crippen molar-refractivity contribution in [2.75, 3.05) is 0 Å². The van der Waals surface area contributed by atoms with Gasteiger partial charge in [-0.1, -0.05) is 86.5 Å². The van der Waals surface area contributed by atoms with Gasteiger partial charge in [-0.25, -0.2) is 0 Å². The molecule has 0 saturated carbocycles. The second-order valence-electron chi connectivity index (χ2n) is 3.51. The zero-order chi connectivity index (χ0) is 13.1. The Bertz CT molecular complexity index is 395. The second-order valence-corrected chi connectivity index (χ2v) is 3.51. The quantitative estimate of drug-likeness (QED) is 0.617. The molecule has 88 valence electrons. The molecule has 0 aliphatic carbocycles. The highest BCUT2D eigenvalue weighted by Crippen LogP contribution is 2.00. The summed E-state index contributed by atoms with van der Waals surface area (Å²) < 4.78 is 0. The normalized spacial score (nSPS) is 8.06. The molecular formula is C17H20. The van der Waals surface area contributed by atoms with Crippen molar-refractivity contribution >= 4 is 6.08 Å². The zero-order valence-electron chi connectivity index (χ0n) is 10.5. The minimum Gasteiger partial charge on any atom is -0.0985 e. The second kappa shape index (κ2) is 9.17. The standard InChI is InChI=1S/C9H12.C8H8/c1-5-9(6-2)7-8(3)4;1-2-8-6-4-3-5-7-8/h5-7H,1-3H2,4H3;2-7H,1H2. The van der Waals surface area contributed by atoms with Crippen molar-refractivity contribution in [3.63, 3.8) is 0 Å². The lowest BCUT2D eigenvalue weighted by Crippen LogP contribution is -1.69. The topological polar surface area (TPSA) is 0 Å². The molecule has 0 radical (unpaired) electrons. The Balaban J connectivity index is 0.000000302. The van der Waals surface area contributed by atoms with Gasteiger partial charge in [-0.3, -0.25) is 0 Å². The third kappa shape index (κ3) is 7.80. The molecular weight excluding hydrogens is 204 g/mol. The molecule has 1 aromatic carbocycles. The van der Waals surface area contributed by atoms with Gasteiger partial charge in [-0.05, 0) is 18.1 Å². The van der Waals surface area contributed by atoms with Gasteiger partial charge in [0.2, 0.25) is 0 Å². The highest BCUT2D eigenvalue weighted by molar-refractivity contribution is 5.45. The van der Waals surface area contributed by atoms with Gasteiger partial charge >= 0.3 is 0 Å². The van der Waals surface area contributed by atoms with Crippen LogP contribution in [0.3, 0.4) is 0 Å². The predicted octanol–water partition coefficient (Wildman–Crippen LogP) is 5.19. The summed E-state index contributed by atoms with van der Waals surface area (Å²) in [7, 11) is 0. The van der Waals surface area contributed by atoms with Crippen LogP contribution in [0, 0.1) is 0 Å². The van der Waals surface area contributed by atoms with Crippen LogP contribution in [0.15, 0.2) is 86.0 Å². The van der Waals surface area contributed by atoms with E-state index in [0.29, 0.717) is 0 Å². The molecule has 0 atom stereocenters. The summed E-state index contributed by atoms with van der Waals surface area (Å²) in [5.74, 6) is 0. The van der Waals surface area contributed by atoms with E-state index in [-0.39, 0.29) is 0 Å². The average molecular weight is 224 g/mol. The highest BCUT2D eigenvalue weighted by atomic mass is 13.9. The van der Waals surface area contributed by atoms with E-state index in [1.807, 2.05) is 49.4 Å². The fourth-order valence-corrected chi connectivity index (χ4v) is 1.07. The Morgan fingerprint density at radius 3 is 1.76 bits per heavy atom. The Hall–Kier alpha value is -2.08. The Kier molecular flexibility index (Phi) is 8.05. The molecule has 0 nitrogen and oxygen atoms in total. The van der Waals surface area contributed by atoms with Crippen LogP contribution in [0.1, 0.15) is 12.5 Å². The maximum atomic E-state index is 3.72. The monoisotopic (exact) mass is 224 g/mol. The van der Waals surface area contributed by atoms with Crippen molar-refractivity contribution in [1.82, 2.24) is 0 Å². The van der Waals surface area contributed by atoms with Crippen LogP contribution in [-0.2, 0) is 0 Å². The molecule has 0 aliphatic heterocycles. The first-order valence-corrected chi connectivity index (χ1v) is 5.43. The molecule has 0 fully saturated rings. The molecule has 0 spiro atoms. The van der Waals surface area contributed by atoms with E-state index < -0.39 is 0 Å². The van der Waals surface area contributed by atoms with Crippen LogP contribution in [0.5, 0.6) is 0 Å². The molecule has 1 rings (SSSR count). The molecule has 0 aromatic heterocycles. The minimum atomic E-state index is 1.02. The van der Waals surface area contributed by atoms with E-state index >= 15 is 0 Å². The lowest BCUT2D eigenvalue weighted by atomic mass is 10.2. The fourth-order valence-electron chi connectivity index (χ4n) is 1.07. The number of allylic oxidation sites excluding steroid dienone is 5. The van der Waals surface area contributed by atoms with Gasteiger partial charge in [0.05, 0.1) is 0 Å². The van der Waals surface area contributed by atoms with Gasteiger partial charge in [0, 0.05) is 0 Å². The molecule has 0 amide bonds. The maximum absolute atomic E-state index is 3.72. The van der Waals surface area contributed by atoms with Crippen molar-refractivity contribution in [3.8, 4) is 0 Å². The summed E-state index contributed by atoms with van der Waals surface area (Å²) >= 11 is 0. The van der Waals surface area contributed by atoms with Crippen LogP contribution in [0.4, 0.5) is 0 Å².